The normalized spacial score (nSPS) is 10.0. The lowest BCUT2D eigenvalue weighted by Crippen LogP contribution is -2.26. The van der Waals surface area contributed by atoms with Gasteiger partial charge >= 0.3 is 0 Å². The van der Waals surface area contributed by atoms with Crippen molar-refractivity contribution in [2.45, 2.75) is 19.4 Å². The van der Waals surface area contributed by atoms with E-state index in [2.05, 4.69) is 15.9 Å². The molecule has 14 heavy (non-hydrogen) atoms. The summed E-state index contributed by atoms with van der Waals surface area (Å²) >= 11 is 0. The van der Waals surface area contributed by atoms with Crippen molar-refractivity contribution >= 4 is 0 Å². The van der Waals surface area contributed by atoms with Crippen LogP contribution in [-0.4, -0.2) is 15.6 Å². The zero-order valence-electron chi connectivity index (χ0n) is 7.98. The van der Waals surface area contributed by atoms with Gasteiger partial charge in [0.15, 0.2) is 5.60 Å². The van der Waals surface area contributed by atoms with Gasteiger partial charge in [-0.25, -0.2) is 9.97 Å². The lowest BCUT2D eigenvalue weighted by Gasteiger charge is -2.19. The third kappa shape index (κ3) is 2.21. The summed E-state index contributed by atoms with van der Waals surface area (Å²) in [5.74, 6) is 2.66. The van der Waals surface area contributed by atoms with Gasteiger partial charge in [0, 0.05) is 0 Å². The van der Waals surface area contributed by atoms with Gasteiger partial charge in [-0.1, -0.05) is 5.92 Å². The van der Waals surface area contributed by atoms with Gasteiger partial charge in [-0.3, -0.25) is 0 Å². The SMILES string of the molecule is C#CC(C)(C)Oc1ncncc1C#N. The Morgan fingerprint density at radius 2 is 2.29 bits per heavy atom. The predicted molar refractivity (Wildman–Crippen MR) is 50.3 cm³/mol. The van der Waals surface area contributed by atoms with Crippen LogP contribution in [0.5, 0.6) is 5.88 Å². The first-order valence-electron chi connectivity index (χ1n) is 3.96. The molecule has 0 radical (unpaired) electrons. The van der Waals surface area contributed by atoms with Gasteiger partial charge in [0.2, 0.25) is 5.88 Å². The Hall–Kier alpha value is -2.07. The number of hydrogen-bond donors (Lipinski definition) is 0. The second kappa shape index (κ2) is 3.76. The molecule has 1 heterocycles. The number of hydrogen-bond acceptors (Lipinski definition) is 4. The summed E-state index contributed by atoms with van der Waals surface area (Å²) in [6, 6.07) is 1.92. The van der Waals surface area contributed by atoms with Crippen LogP contribution in [0.1, 0.15) is 19.4 Å². The molecular weight excluding hydrogens is 178 g/mol. The van der Waals surface area contributed by atoms with Gasteiger partial charge in [-0.15, -0.1) is 6.42 Å². The molecule has 0 N–H and O–H groups in total. The standard InChI is InChI=1S/C10H9N3O/c1-4-10(2,3)14-9-8(5-11)6-12-7-13-9/h1,6-7H,2-3H3. The number of terminal acetylenes is 1. The largest absolute Gasteiger partial charge is 0.457 e. The van der Waals surface area contributed by atoms with Gasteiger partial charge in [0.25, 0.3) is 0 Å². The highest BCUT2D eigenvalue weighted by Crippen LogP contribution is 2.17. The second-order valence-electron chi connectivity index (χ2n) is 3.11. The van der Waals surface area contributed by atoms with Crippen molar-refractivity contribution in [1.29, 1.82) is 5.26 Å². The first-order valence-corrected chi connectivity index (χ1v) is 3.96. The first-order chi connectivity index (χ1) is 6.59. The summed E-state index contributed by atoms with van der Waals surface area (Å²) in [4.78, 5) is 7.54. The molecule has 0 saturated carbocycles. The molecule has 1 aromatic heterocycles. The molecule has 0 spiro atoms. The molecule has 4 heteroatoms. The van der Waals surface area contributed by atoms with E-state index in [-0.39, 0.29) is 11.4 Å². The lowest BCUT2D eigenvalue weighted by molar-refractivity contribution is 0.164. The quantitative estimate of drug-likeness (QED) is 0.651. The Kier molecular flexibility index (Phi) is 2.69. The van der Waals surface area contributed by atoms with Gasteiger partial charge in [-0.2, -0.15) is 5.26 Å². The Morgan fingerprint density at radius 3 is 2.86 bits per heavy atom. The van der Waals surface area contributed by atoms with Gasteiger partial charge < -0.3 is 4.74 Å². The molecule has 0 aliphatic heterocycles. The summed E-state index contributed by atoms with van der Waals surface area (Å²) in [5, 5.41) is 8.73. The third-order valence-corrected chi connectivity index (χ3v) is 1.50. The second-order valence-corrected chi connectivity index (χ2v) is 3.11. The third-order valence-electron chi connectivity index (χ3n) is 1.50. The highest BCUT2D eigenvalue weighted by atomic mass is 16.5. The summed E-state index contributed by atoms with van der Waals surface area (Å²) in [5.41, 5.74) is -0.504. The molecule has 0 amide bonds. The molecule has 0 aromatic carbocycles. The van der Waals surface area contributed by atoms with Crippen LogP contribution < -0.4 is 4.74 Å². The molecule has 0 saturated heterocycles. The van der Waals surface area contributed by atoms with Crippen LogP contribution in [0.2, 0.25) is 0 Å². The highest BCUT2D eigenvalue weighted by Gasteiger charge is 2.18. The van der Waals surface area contributed by atoms with E-state index in [0.29, 0.717) is 0 Å². The Balaban J connectivity index is 3.00. The summed E-state index contributed by atoms with van der Waals surface area (Å²) in [6.07, 6.45) is 7.94. The Bertz CT molecular complexity index is 412. The maximum Gasteiger partial charge on any atom is 0.236 e. The van der Waals surface area contributed by atoms with Crippen molar-refractivity contribution in [2.24, 2.45) is 0 Å². The van der Waals surface area contributed by atoms with Crippen molar-refractivity contribution in [3.05, 3.63) is 18.1 Å². The number of rotatable bonds is 2. The fourth-order valence-electron chi connectivity index (χ4n) is 0.748. The van der Waals surface area contributed by atoms with Gasteiger partial charge in [0.05, 0.1) is 6.20 Å². The van der Waals surface area contributed by atoms with E-state index >= 15 is 0 Å². The van der Waals surface area contributed by atoms with Crippen LogP contribution in [0.4, 0.5) is 0 Å². The molecule has 0 unspecified atom stereocenters. The molecule has 4 nitrogen and oxygen atoms in total. The van der Waals surface area contributed by atoms with E-state index in [1.165, 1.54) is 12.5 Å². The average Bonchev–Trinajstić information content (AvgIpc) is 2.18. The minimum Gasteiger partial charge on any atom is -0.457 e. The van der Waals surface area contributed by atoms with E-state index in [1.54, 1.807) is 13.8 Å². The van der Waals surface area contributed by atoms with Crippen LogP contribution in [0, 0.1) is 23.7 Å². The van der Waals surface area contributed by atoms with E-state index in [1.807, 2.05) is 6.07 Å². The van der Waals surface area contributed by atoms with E-state index < -0.39 is 5.60 Å². The topological polar surface area (TPSA) is 58.8 Å². The van der Waals surface area contributed by atoms with Crippen molar-refractivity contribution in [3.8, 4) is 24.3 Å². The summed E-state index contributed by atoms with van der Waals surface area (Å²) < 4.78 is 5.36. The summed E-state index contributed by atoms with van der Waals surface area (Å²) in [7, 11) is 0. The van der Waals surface area contributed by atoms with Crippen LogP contribution in [0.15, 0.2) is 12.5 Å². The molecule has 70 valence electrons. The molecule has 1 rings (SSSR count). The van der Waals surface area contributed by atoms with E-state index in [9.17, 15) is 0 Å². The van der Waals surface area contributed by atoms with Gasteiger partial charge in [-0.05, 0) is 13.8 Å². The molecule has 0 aliphatic carbocycles. The molecule has 0 atom stereocenters. The van der Waals surface area contributed by atoms with Gasteiger partial charge in [0.1, 0.15) is 18.0 Å². The Morgan fingerprint density at radius 1 is 1.57 bits per heavy atom. The number of nitrogens with zero attached hydrogens (tertiary/aromatic N) is 3. The lowest BCUT2D eigenvalue weighted by atomic mass is 10.1. The van der Waals surface area contributed by atoms with E-state index in [0.717, 1.165) is 0 Å². The maximum absolute atomic E-state index is 8.73. The number of ether oxygens (including phenoxy) is 1. The molecular formula is C10H9N3O. The fraction of sp³-hybridized carbons (Fsp3) is 0.300. The smallest absolute Gasteiger partial charge is 0.236 e. The Labute approximate surface area is 82.6 Å². The van der Waals surface area contributed by atoms with Crippen molar-refractivity contribution in [2.75, 3.05) is 0 Å². The monoisotopic (exact) mass is 187 g/mol. The van der Waals surface area contributed by atoms with Crippen LogP contribution in [0.25, 0.3) is 0 Å². The van der Waals surface area contributed by atoms with E-state index in [4.69, 9.17) is 16.4 Å². The predicted octanol–water partition coefficient (Wildman–Crippen LogP) is 1.14. The molecule has 0 aliphatic rings. The molecule has 1 aromatic rings. The van der Waals surface area contributed by atoms with Crippen molar-refractivity contribution in [1.82, 2.24) is 9.97 Å². The average molecular weight is 187 g/mol. The van der Waals surface area contributed by atoms with Crippen molar-refractivity contribution in [3.63, 3.8) is 0 Å². The van der Waals surface area contributed by atoms with Crippen LogP contribution in [0.3, 0.4) is 0 Å². The minimum absolute atomic E-state index is 0.213. The van der Waals surface area contributed by atoms with Crippen LogP contribution >= 0.6 is 0 Å². The molecule has 0 fully saturated rings. The van der Waals surface area contributed by atoms with Crippen LogP contribution in [-0.2, 0) is 0 Å². The fourth-order valence-corrected chi connectivity index (χ4v) is 0.748. The minimum atomic E-state index is -0.778. The maximum atomic E-state index is 8.73. The summed E-state index contributed by atoms with van der Waals surface area (Å²) in [6.45, 7) is 3.44. The van der Waals surface area contributed by atoms with Crippen molar-refractivity contribution < 1.29 is 4.74 Å². The zero-order chi connectivity index (χ0) is 10.6. The zero-order valence-corrected chi connectivity index (χ0v) is 7.98. The number of nitriles is 1. The highest BCUT2D eigenvalue weighted by molar-refractivity contribution is 5.35. The first kappa shape index (κ1) is 10.0. The molecule has 0 bridgehead atoms. The number of aromatic nitrogens is 2.